The van der Waals surface area contributed by atoms with Crippen molar-refractivity contribution in [3.8, 4) is 0 Å². The standard InChI is InChI=1S/C17H23N3O/c1-5-10-18-15-11-16(17(21)20(4)12(2)3)19-14-9-7-6-8-13(14)15/h6-9,11-12H,5,10H2,1-4H3,(H,18,19). The van der Waals surface area contributed by atoms with E-state index in [0.717, 1.165) is 29.6 Å². The summed E-state index contributed by atoms with van der Waals surface area (Å²) in [6.45, 7) is 6.99. The van der Waals surface area contributed by atoms with Crippen LogP contribution in [0.1, 0.15) is 37.7 Å². The minimum atomic E-state index is -0.0460. The van der Waals surface area contributed by atoms with Gasteiger partial charge >= 0.3 is 0 Å². The minimum absolute atomic E-state index is 0.0460. The molecule has 1 amide bonds. The van der Waals surface area contributed by atoms with E-state index >= 15 is 0 Å². The summed E-state index contributed by atoms with van der Waals surface area (Å²) in [7, 11) is 1.81. The maximum absolute atomic E-state index is 12.5. The van der Waals surface area contributed by atoms with E-state index in [0.29, 0.717) is 5.69 Å². The molecule has 0 aliphatic rings. The fourth-order valence-electron chi connectivity index (χ4n) is 2.11. The Morgan fingerprint density at radius 2 is 2.05 bits per heavy atom. The molecule has 0 radical (unpaired) electrons. The summed E-state index contributed by atoms with van der Waals surface area (Å²) in [5, 5.41) is 4.44. The van der Waals surface area contributed by atoms with Crippen LogP contribution in [0.15, 0.2) is 30.3 Å². The molecule has 1 aromatic carbocycles. The molecule has 112 valence electrons. The lowest BCUT2D eigenvalue weighted by molar-refractivity contribution is 0.0749. The summed E-state index contributed by atoms with van der Waals surface area (Å²) in [5.74, 6) is -0.0460. The summed E-state index contributed by atoms with van der Waals surface area (Å²) >= 11 is 0. The molecular formula is C17H23N3O. The van der Waals surface area contributed by atoms with Crippen LogP contribution in [0.2, 0.25) is 0 Å². The predicted molar refractivity (Wildman–Crippen MR) is 87.8 cm³/mol. The summed E-state index contributed by atoms with van der Waals surface area (Å²) in [6.07, 6.45) is 1.03. The van der Waals surface area contributed by atoms with E-state index in [9.17, 15) is 4.79 Å². The van der Waals surface area contributed by atoms with Crippen LogP contribution in [-0.4, -0.2) is 35.4 Å². The van der Waals surface area contributed by atoms with Crippen molar-refractivity contribution >= 4 is 22.5 Å². The van der Waals surface area contributed by atoms with Crippen LogP contribution >= 0.6 is 0 Å². The molecule has 1 aromatic heterocycles. The topological polar surface area (TPSA) is 45.2 Å². The number of hydrogen-bond donors (Lipinski definition) is 1. The first-order valence-electron chi connectivity index (χ1n) is 7.45. The van der Waals surface area contributed by atoms with Gasteiger partial charge in [0.25, 0.3) is 5.91 Å². The van der Waals surface area contributed by atoms with Crippen molar-refractivity contribution in [3.05, 3.63) is 36.0 Å². The molecule has 0 aliphatic heterocycles. The molecule has 21 heavy (non-hydrogen) atoms. The minimum Gasteiger partial charge on any atom is -0.384 e. The lowest BCUT2D eigenvalue weighted by atomic mass is 10.1. The van der Waals surface area contributed by atoms with Crippen molar-refractivity contribution in [3.63, 3.8) is 0 Å². The monoisotopic (exact) mass is 285 g/mol. The number of carbonyl (C=O) groups excluding carboxylic acids is 1. The number of amides is 1. The highest BCUT2D eigenvalue weighted by Gasteiger charge is 2.17. The first kappa shape index (κ1) is 15.3. The number of para-hydroxylation sites is 1. The van der Waals surface area contributed by atoms with Crippen molar-refractivity contribution in [2.24, 2.45) is 0 Å². The van der Waals surface area contributed by atoms with Crippen molar-refractivity contribution in [2.75, 3.05) is 18.9 Å². The molecule has 4 heteroatoms. The van der Waals surface area contributed by atoms with Gasteiger partial charge in [-0.1, -0.05) is 25.1 Å². The summed E-state index contributed by atoms with van der Waals surface area (Å²) < 4.78 is 0. The number of aromatic nitrogens is 1. The molecule has 0 saturated heterocycles. The Morgan fingerprint density at radius 1 is 1.33 bits per heavy atom. The molecule has 0 spiro atoms. The number of rotatable bonds is 5. The van der Waals surface area contributed by atoms with Crippen molar-refractivity contribution in [2.45, 2.75) is 33.2 Å². The molecule has 0 atom stereocenters. The zero-order chi connectivity index (χ0) is 15.4. The van der Waals surface area contributed by atoms with Gasteiger partial charge < -0.3 is 10.2 Å². The zero-order valence-electron chi connectivity index (χ0n) is 13.2. The Bertz CT molecular complexity index is 637. The maximum atomic E-state index is 12.5. The molecule has 0 fully saturated rings. The second-order valence-electron chi connectivity index (χ2n) is 5.51. The quantitative estimate of drug-likeness (QED) is 0.914. The van der Waals surface area contributed by atoms with Crippen LogP contribution in [0.25, 0.3) is 10.9 Å². The number of anilines is 1. The number of fused-ring (bicyclic) bond motifs is 1. The third kappa shape index (κ3) is 3.32. The molecule has 0 unspecified atom stereocenters. The van der Waals surface area contributed by atoms with Gasteiger partial charge in [0.15, 0.2) is 0 Å². The number of benzene rings is 1. The molecule has 1 heterocycles. The van der Waals surface area contributed by atoms with E-state index < -0.39 is 0 Å². The van der Waals surface area contributed by atoms with Gasteiger partial charge in [0.2, 0.25) is 0 Å². The molecule has 4 nitrogen and oxygen atoms in total. The largest absolute Gasteiger partial charge is 0.384 e. The molecule has 2 rings (SSSR count). The molecule has 1 N–H and O–H groups in total. The fraction of sp³-hybridized carbons (Fsp3) is 0.412. The average Bonchev–Trinajstić information content (AvgIpc) is 2.50. The van der Waals surface area contributed by atoms with E-state index in [1.807, 2.05) is 51.2 Å². The Kier molecular flexibility index (Phi) is 4.78. The van der Waals surface area contributed by atoms with Crippen LogP contribution in [0.4, 0.5) is 5.69 Å². The van der Waals surface area contributed by atoms with Gasteiger partial charge in [0.05, 0.1) is 5.52 Å². The number of nitrogens with zero attached hydrogens (tertiary/aromatic N) is 2. The number of hydrogen-bond acceptors (Lipinski definition) is 3. The van der Waals surface area contributed by atoms with Gasteiger partial charge in [-0.05, 0) is 32.4 Å². The van der Waals surface area contributed by atoms with Gasteiger partial charge in [-0.25, -0.2) is 4.98 Å². The maximum Gasteiger partial charge on any atom is 0.272 e. The zero-order valence-corrected chi connectivity index (χ0v) is 13.2. The summed E-state index contributed by atoms with van der Waals surface area (Å²) in [5.41, 5.74) is 2.31. The van der Waals surface area contributed by atoms with Gasteiger partial charge in [-0.3, -0.25) is 4.79 Å². The molecule has 2 aromatic rings. The predicted octanol–water partition coefficient (Wildman–Crippen LogP) is 3.54. The molecule has 0 aliphatic carbocycles. The van der Waals surface area contributed by atoms with Gasteiger partial charge in [-0.2, -0.15) is 0 Å². The molecular weight excluding hydrogens is 262 g/mol. The highest BCUT2D eigenvalue weighted by atomic mass is 16.2. The number of pyridine rings is 1. The number of nitrogens with one attached hydrogen (secondary N) is 1. The first-order chi connectivity index (χ1) is 10.0. The molecule has 0 bridgehead atoms. The third-order valence-corrected chi connectivity index (χ3v) is 3.60. The third-order valence-electron chi connectivity index (χ3n) is 3.60. The first-order valence-corrected chi connectivity index (χ1v) is 7.45. The van der Waals surface area contributed by atoms with Crippen LogP contribution in [0, 0.1) is 0 Å². The van der Waals surface area contributed by atoms with Crippen LogP contribution in [-0.2, 0) is 0 Å². The van der Waals surface area contributed by atoms with Crippen LogP contribution in [0.5, 0.6) is 0 Å². The highest BCUT2D eigenvalue weighted by molar-refractivity contribution is 5.99. The lowest BCUT2D eigenvalue weighted by Crippen LogP contribution is -2.33. The fourth-order valence-corrected chi connectivity index (χ4v) is 2.11. The second-order valence-corrected chi connectivity index (χ2v) is 5.51. The summed E-state index contributed by atoms with van der Waals surface area (Å²) in [4.78, 5) is 18.7. The second kappa shape index (κ2) is 6.57. The van der Waals surface area contributed by atoms with Gasteiger partial charge in [0, 0.05) is 30.7 Å². The van der Waals surface area contributed by atoms with E-state index in [1.165, 1.54) is 0 Å². The van der Waals surface area contributed by atoms with E-state index in [1.54, 1.807) is 4.90 Å². The van der Waals surface area contributed by atoms with Crippen molar-refractivity contribution < 1.29 is 4.79 Å². The average molecular weight is 285 g/mol. The Labute approximate surface area is 126 Å². The molecule has 0 saturated carbocycles. The van der Waals surface area contributed by atoms with E-state index in [4.69, 9.17) is 0 Å². The van der Waals surface area contributed by atoms with E-state index in [-0.39, 0.29) is 11.9 Å². The summed E-state index contributed by atoms with van der Waals surface area (Å²) in [6, 6.07) is 9.92. The normalized spacial score (nSPS) is 10.9. The van der Waals surface area contributed by atoms with Crippen LogP contribution < -0.4 is 5.32 Å². The highest BCUT2D eigenvalue weighted by Crippen LogP contribution is 2.23. The van der Waals surface area contributed by atoms with Gasteiger partial charge in [-0.15, -0.1) is 0 Å². The van der Waals surface area contributed by atoms with Crippen molar-refractivity contribution in [1.82, 2.24) is 9.88 Å². The Hall–Kier alpha value is -2.10. The number of carbonyl (C=O) groups is 1. The SMILES string of the molecule is CCCNc1cc(C(=O)N(C)C(C)C)nc2ccccc12. The Balaban J connectivity index is 2.47. The van der Waals surface area contributed by atoms with Crippen LogP contribution in [0.3, 0.4) is 0 Å². The smallest absolute Gasteiger partial charge is 0.272 e. The van der Waals surface area contributed by atoms with E-state index in [2.05, 4.69) is 17.2 Å². The van der Waals surface area contributed by atoms with Crippen molar-refractivity contribution in [1.29, 1.82) is 0 Å². The Morgan fingerprint density at radius 3 is 2.71 bits per heavy atom. The van der Waals surface area contributed by atoms with Gasteiger partial charge in [0.1, 0.15) is 5.69 Å². The lowest BCUT2D eigenvalue weighted by Gasteiger charge is -2.21.